The van der Waals surface area contributed by atoms with Gasteiger partial charge in [-0.25, -0.2) is 4.98 Å². The van der Waals surface area contributed by atoms with Gasteiger partial charge < -0.3 is 10.0 Å². The smallest absolute Gasteiger partial charge is 0.225 e. The Morgan fingerprint density at radius 2 is 1.91 bits per heavy atom. The summed E-state index contributed by atoms with van der Waals surface area (Å²) in [5.41, 5.74) is 2.09. The molecule has 0 bridgehead atoms. The first-order valence-electron chi connectivity index (χ1n) is 7.20. The fourth-order valence-corrected chi connectivity index (χ4v) is 3.79. The predicted octanol–water partition coefficient (Wildman–Crippen LogP) is 4.48. The zero-order valence-electron chi connectivity index (χ0n) is 12.5. The number of aromatic nitrogens is 2. The Morgan fingerprint density at radius 1 is 1.17 bits per heavy atom. The molecule has 120 valence electrons. The first kappa shape index (κ1) is 16.5. The van der Waals surface area contributed by atoms with Crippen LogP contribution in [0.15, 0.2) is 29.6 Å². The lowest BCUT2D eigenvalue weighted by molar-refractivity contribution is 0.302. The van der Waals surface area contributed by atoms with Crippen LogP contribution in [0, 0.1) is 0 Å². The molecular formula is C16H15Cl2N3OS. The molecular weight excluding hydrogens is 353 g/mol. The first-order valence-corrected chi connectivity index (χ1v) is 8.84. The van der Waals surface area contributed by atoms with Gasteiger partial charge in [-0.05, 0) is 36.2 Å². The molecule has 2 heterocycles. The Kier molecular flexibility index (Phi) is 5.02. The van der Waals surface area contributed by atoms with Gasteiger partial charge in [0, 0.05) is 29.1 Å². The molecule has 2 aromatic heterocycles. The van der Waals surface area contributed by atoms with Crippen molar-refractivity contribution < 1.29 is 5.11 Å². The van der Waals surface area contributed by atoms with Crippen molar-refractivity contribution in [3.63, 3.8) is 0 Å². The molecule has 4 nitrogen and oxygen atoms in total. The summed E-state index contributed by atoms with van der Waals surface area (Å²) < 4.78 is 0. The van der Waals surface area contributed by atoms with Crippen LogP contribution in [0.1, 0.15) is 6.92 Å². The summed E-state index contributed by atoms with van der Waals surface area (Å²) in [5, 5.41) is 13.2. The summed E-state index contributed by atoms with van der Waals surface area (Å²) in [6.07, 6.45) is 0. The van der Waals surface area contributed by atoms with Crippen molar-refractivity contribution in [2.75, 3.05) is 24.6 Å². The van der Waals surface area contributed by atoms with Gasteiger partial charge in [0.25, 0.3) is 0 Å². The maximum absolute atomic E-state index is 9.31. The number of aliphatic hydroxyl groups is 1. The molecule has 0 saturated heterocycles. The number of anilines is 1. The second-order valence-electron chi connectivity index (χ2n) is 4.96. The molecule has 3 aromatic rings. The van der Waals surface area contributed by atoms with Crippen LogP contribution in [0.5, 0.6) is 0 Å². The fraction of sp³-hybridized carbons (Fsp3) is 0.250. The van der Waals surface area contributed by atoms with Gasteiger partial charge in [0.05, 0.1) is 12.0 Å². The summed E-state index contributed by atoms with van der Waals surface area (Å²) in [5.74, 6) is 0.753. The third-order valence-electron chi connectivity index (χ3n) is 3.59. The number of benzene rings is 1. The highest BCUT2D eigenvalue weighted by molar-refractivity contribution is 7.17. The molecule has 0 aliphatic carbocycles. The van der Waals surface area contributed by atoms with Gasteiger partial charge in [-0.2, -0.15) is 4.98 Å². The average molecular weight is 368 g/mol. The van der Waals surface area contributed by atoms with E-state index in [9.17, 15) is 5.11 Å². The largest absolute Gasteiger partial charge is 0.395 e. The number of rotatable bonds is 5. The minimum Gasteiger partial charge on any atom is -0.395 e. The Bertz CT molecular complexity index is 820. The number of fused-ring (bicyclic) bond motifs is 1. The zero-order valence-corrected chi connectivity index (χ0v) is 14.8. The summed E-state index contributed by atoms with van der Waals surface area (Å²) in [6, 6.07) is 7.68. The molecule has 7 heteroatoms. The van der Waals surface area contributed by atoms with Crippen molar-refractivity contribution >= 4 is 50.6 Å². The van der Waals surface area contributed by atoms with Crippen LogP contribution in [0.3, 0.4) is 0 Å². The Hall–Kier alpha value is -1.40. The van der Waals surface area contributed by atoms with Crippen LogP contribution in [0.25, 0.3) is 21.3 Å². The van der Waals surface area contributed by atoms with E-state index in [4.69, 9.17) is 23.2 Å². The summed E-state index contributed by atoms with van der Waals surface area (Å²) in [6.45, 7) is 3.29. The molecule has 0 aliphatic heterocycles. The third kappa shape index (κ3) is 3.28. The first-order chi connectivity index (χ1) is 11.1. The molecule has 0 unspecified atom stereocenters. The average Bonchev–Trinajstić information content (AvgIpc) is 2.96. The van der Waals surface area contributed by atoms with E-state index in [1.807, 2.05) is 36.1 Å². The van der Waals surface area contributed by atoms with E-state index in [2.05, 4.69) is 15.3 Å². The highest BCUT2D eigenvalue weighted by atomic mass is 35.5. The van der Waals surface area contributed by atoms with E-state index in [1.165, 1.54) is 11.3 Å². The van der Waals surface area contributed by atoms with Crippen molar-refractivity contribution in [2.45, 2.75) is 6.92 Å². The topological polar surface area (TPSA) is 49.2 Å². The van der Waals surface area contributed by atoms with Gasteiger partial charge in [0.1, 0.15) is 10.6 Å². The Balaban J connectivity index is 2.22. The van der Waals surface area contributed by atoms with Crippen molar-refractivity contribution in [1.82, 2.24) is 9.97 Å². The van der Waals surface area contributed by atoms with Crippen LogP contribution >= 0.6 is 34.5 Å². The van der Waals surface area contributed by atoms with E-state index >= 15 is 0 Å². The van der Waals surface area contributed by atoms with Gasteiger partial charge in [0.2, 0.25) is 5.28 Å². The number of hydrogen-bond acceptors (Lipinski definition) is 5. The molecule has 0 amide bonds. The van der Waals surface area contributed by atoms with Gasteiger partial charge >= 0.3 is 0 Å². The van der Waals surface area contributed by atoms with Crippen LogP contribution < -0.4 is 4.90 Å². The maximum Gasteiger partial charge on any atom is 0.225 e. The van der Waals surface area contributed by atoms with Crippen molar-refractivity contribution in [1.29, 1.82) is 0 Å². The lowest BCUT2D eigenvalue weighted by Gasteiger charge is -2.22. The highest BCUT2D eigenvalue weighted by Crippen LogP contribution is 2.39. The molecule has 0 atom stereocenters. The molecule has 0 saturated carbocycles. The van der Waals surface area contributed by atoms with Crippen molar-refractivity contribution in [3.8, 4) is 11.1 Å². The molecule has 0 spiro atoms. The zero-order chi connectivity index (χ0) is 16.4. The second-order valence-corrected chi connectivity index (χ2v) is 6.59. The monoisotopic (exact) mass is 367 g/mol. The van der Waals surface area contributed by atoms with E-state index < -0.39 is 0 Å². The van der Waals surface area contributed by atoms with E-state index in [0.29, 0.717) is 11.6 Å². The lowest BCUT2D eigenvalue weighted by atomic mass is 10.1. The van der Waals surface area contributed by atoms with E-state index in [0.717, 1.165) is 33.7 Å². The van der Waals surface area contributed by atoms with E-state index in [1.54, 1.807) is 0 Å². The van der Waals surface area contributed by atoms with Gasteiger partial charge in [-0.15, -0.1) is 11.3 Å². The van der Waals surface area contributed by atoms with Gasteiger partial charge in [-0.3, -0.25) is 0 Å². The normalized spacial score (nSPS) is 11.1. The predicted molar refractivity (Wildman–Crippen MR) is 97.8 cm³/mol. The molecule has 1 aromatic carbocycles. The minimum absolute atomic E-state index is 0.0529. The van der Waals surface area contributed by atoms with E-state index in [-0.39, 0.29) is 11.9 Å². The maximum atomic E-state index is 9.31. The molecule has 0 fully saturated rings. The second kappa shape index (κ2) is 7.01. The van der Waals surface area contributed by atoms with Crippen molar-refractivity contribution in [3.05, 3.63) is 40.0 Å². The summed E-state index contributed by atoms with van der Waals surface area (Å²) >= 11 is 13.6. The SMILES string of the molecule is CCN(CCO)c1nc(Cl)nc2scc(-c3ccc(Cl)cc3)c12. The molecule has 0 aliphatic rings. The Labute approximate surface area is 148 Å². The highest BCUT2D eigenvalue weighted by Gasteiger charge is 2.18. The standard InChI is InChI=1S/C16H15Cl2N3OS/c1-2-21(7-8-22)14-13-12(10-3-5-11(17)6-4-10)9-23-15(13)20-16(18)19-14/h3-6,9,22H,2,7-8H2,1H3. The third-order valence-corrected chi connectivity index (χ3v) is 4.89. The minimum atomic E-state index is 0.0529. The number of hydrogen-bond donors (Lipinski definition) is 1. The van der Waals surface area contributed by atoms with Gasteiger partial charge in [0.15, 0.2) is 0 Å². The van der Waals surface area contributed by atoms with Crippen LogP contribution in [0.2, 0.25) is 10.3 Å². The molecule has 0 radical (unpaired) electrons. The van der Waals surface area contributed by atoms with Crippen LogP contribution in [-0.4, -0.2) is 34.8 Å². The quantitative estimate of drug-likeness (QED) is 0.675. The Morgan fingerprint density at radius 3 is 2.57 bits per heavy atom. The van der Waals surface area contributed by atoms with Crippen LogP contribution in [-0.2, 0) is 0 Å². The molecule has 1 N–H and O–H groups in total. The summed E-state index contributed by atoms with van der Waals surface area (Å²) in [4.78, 5) is 11.6. The summed E-state index contributed by atoms with van der Waals surface area (Å²) in [7, 11) is 0. The number of nitrogens with zero attached hydrogens (tertiary/aromatic N) is 3. The molecule has 23 heavy (non-hydrogen) atoms. The van der Waals surface area contributed by atoms with Crippen LogP contribution in [0.4, 0.5) is 5.82 Å². The number of halogens is 2. The number of likely N-dealkylation sites (N-methyl/N-ethyl adjacent to an activating group) is 1. The molecule has 3 rings (SSSR count). The van der Waals surface area contributed by atoms with Gasteiger partial charge in [-0.1, -0.05) is 23.7 Å². The number of aliphatic hydroxyl groups excluding tert-OH is 1. The van der Waals surface area contributed by atoms with Crippen molar-refractivity contribution in [2.24, 2.45) is 0 Å². The lowest BCUT2D eigenvalue weighted by Crippen LogP contribution is -2.27. The fourth-order valence-electron chi connectivity index (χ4n) is 2.50. The number of thiophene rings is 1.